The summed E-state index contributed by atoms with van der Waals surface area (Å²) in [6.45, 7) is 1.51. The van der Waals surface area contributed by atoms with E-state index in [1.54, 1.807) is 0 Å². The molecule has 0 aliphatic carbocycles. The number of rotatable bonds is 2. The van der Waals surface area contributed by atoms with Gasteiger partial charge in [0.05, 0.1) is 12.6 Å². The van der Waals surface area contributed by atoms with Gasteiger partial charge in [-0.2, -0.15) is 0 Å². The number of hydrogen-bond acceptors (Lipinski definition) is 5. The molecule has 1 aliphatic rings. The molecule has 0 bridgehead atoms. The van der Waals surface area contributed by atoms with Crippen molar-refractivity contribution in [3.8, 4) is 0 Å². The van der Waals surface area contributed by atoms with Crippen LogP contribution in [-0.2, 0) is 4.74 Å². The summed E-state index contributed by atoms with van der Waals surface area (Å²) in [5.74, 6) is 0.588. The van der Waals surface area contributed by atoms with E-state index in [2.05, 4.69) is 15.3 Å². The topological polar surface area (TPSA) is 73.1 Å². The molecule has 6 heteroatoms. The zero-order chi connectivity index (χ0) is 10.7. The maximum Gasteiger partial charge on any atom is 0.157 e. The summed E-state index contributed by atoms with van der Waals surface area (Å²) >= 11 is 5.78. The highest BCUT2D eigenvalue weighted by Gasteiger charge is 2.16. The molecule has 15 heavy (non-hydrogen) atoms. The molecule has 1 saturated heterocycles. The predicted molar refractivity (Wildman–Crippen MR) is 58.9 cm³/mol. The van der Waals surface area contributed by atoms with Gasteiger partial charge in [0.1, 0.15) is 12.0 Å². The molecule has 0 amide bonds. The Bertz CT molecular complexity index is 341. The number of hydrogen-bond donors (Lipinski definition) is 2. The summed E-state index contributed by atoms with van der Waals surface area (Å²) in [5.41, 5.74) is 6.13. The van der Waals surface area contributed by atoms with Crippen LogP contribution in [0.25, 0.3) is 0 Å². The molecule has 1 fully saturated rings. The molecule has 0 spiro atoms. The third-order valence-electron chi connectivity index (χ3n) is 2.34. The highest BCUT2D eigenvalue weighted by Crippen LogP contribution is 2.23. The van der Waals surface area contributed by atoms with Crippen LogP contribution in [0.15, 0.2) is 6.33 Å². The minimum Gasteiger partial charge on any atom is -0.393 e. The Morgan fingerprint density at radius 1 is 1.53 bits per heavy atom. The van der Waals surface area contributed by atoms with Gasteiger partial charge in [-0.25, -0.2) is 9.97 Å². The van der Waals surface area contributed by atoms with Gasteiger partial charge in [0.2, 0.25) is 0 Å². The number of halogens is 1. The summed E-state index contributed by atoms with van der Waals surface area (Å²) in [6, 6.07) is 0.256. The molecule has 2 rings (SSSR count). The van der Waals surface area contributed by atoms with Crippen molar-refractivity contribution in [3.05, 3.63) is 11.5 Å². The van der Waals surface area contributed by atoms with Crippen LogP contribution < -0.4 is 11.1 Å². The third-order valence-corrected chi connectivity index (χ3v) is 2.64. The largest absolute Gasteiger partial charge is 0.393 e. The smallest absolute Gasteiger partial charge is 0.157 e. The van der Waals surface area contributed by atoms with Crippen molar-refractivity contribution >= 4 is 23.1 Å². The van der Waals surface area contributed by atoms with Crippen LogP contribution in [0, 0.1) is 0 Å². The summed E-state index contributed by atoms with van der Waals surface area (Å²) < 4.78 is 5.34. The lowest BCUT2D eigenvalue weighted by Crippen LogP contribution is -2.30. The van der Waals surface area contributed by atoms with Gasteiger partial charge in [-0.3, -0.25) is 0 Å². The van der Waals surface area contributed by atoms with Crippen molar-refractivity contribution in [2.75, 3.05) is 24.3 Å². The lowest BCUT2D eigenvalue weighted by Gasteiger charge is -2.24. The summed E-state index contributed by atoms with van der Waals surface area (Å²) in [4.78, 5) is 7.84. The fourth-order valence-electron chi connectivity index (χ4n) is 1.54. The van der Waals surface area contributed by atoms with Crippen molar-refractivity contribution in [3.63, 3.8) is 0 Å². The van der Waals surface area contributed by atoms with Gasteiger partial charge in [0.25, 0.3) is 0 Å². The normalized spacial score (nSPS) is 21.3. The second-order valence-electron chi connectivity index (χ2n) is 3.49. The molecule has 5 nitrogen and oxygen atoms in total. The lowest BCUT2D eigenvalue weighted by atomic mass is 10.1. The van der Waals surface area contributed by atoms with Gasteiger partial charge >= 0.3 is 0 Å². The van der Waals surface area contributed by atoms with E-state index < -0.39 is 0 Å². The maximum absolute atomic E-state index is 5.78. The fourth-order valence-corrected chi connectivity index (χ4v) is 1.67. The zero-order valence-corrected chi connectivity index (χ0v) is 9.00. The maximum atomic E-state index is 5.78. The molecule has 2 heterocycles. The molecular formula is C9H13ClN4O. The van der Waals surface area contributed by atoms with Crippen molar-refractivity contribution in [1.29, 1.82) is 0 Å². The number of aromatic nitrogens is 2. The molecule has 0 radical (unpaired) electrons. The molecule has 0 saturated carbocycles. The standard InChI is InChI=1S/C9H13ClN4O/c10-8-7(11)9(13-5-12-8)14-6-2-1-3-15-4-6/h5-6H,1-4,11H2,(H,12,13,14). The molecular weight excluding hydrogens is 216 g/mol. The SMILES string of the molecule is Nc1c(Cl)ncnc1NC1CCCOC1. The Morgan fingerprint density at radius 2 is 2.40 bits per heavy atom. The van der Waals surface area contributed by atoms with Gasteiger partial charge in [-0.05, 0) is 12.8 Å². The van der Waals surface area contributed by atoms with Gasteiger partial charge in [-0.1, -0.05) is 11.6 Å². The van der Waals surface area contributed by atoms with Gasteiger partial charge < -0.3 is 15.8 Å². The van der Waals surface area contributed by atoms with E-state index in [9.17, 15) is 0 Å². The zero-order valence-electron chi connectivity index (χ0n) is 8.24. The van der Waals surface area contributed by atoms with E-state index in [0.29, 0.717) is 18.1 Å². The van der Waals surface area contributed by atoms with Crippen LogP contribution in [0.3, 0.4) is 0 Å². The third kappa shape index (κ3) is 2.49. The molecule has 82 valence electrons. The first-order valence-corrected chi connectivity index (χ1v) is 5.25. The second kappa shape index (κ2) is 4.63. The minimum atomic E-state index is 0.256. The molecule has 1 unspecified atom stereocenters. The van der Waals surface area contributed by atoms with Crippen LogP contribution in [0.2, 0.25) is 5.15 Å². The minimum absolute atomic E-state index is 0.256. The van der Waals surface area contributed by atoms with Gasteiger partial charge in [0, 0.05) is 6.61 Å². The number of nitrogens with one attached hydrogen (secondary N) is 1. The van der Waals surface area contributed by atoms with Crippen molar-refractivity contribution < 1.29 is 4.74 Å². The average Bonchev–Trinajstić information content (AvgIpc) is 2.26. The number of nitrogens with two attached hydrogens (primary N) is 1. The van der Waals surface area contributed by atoms with E-state index >= 15 is 0 Å². The van der Waals surface area contributed by atoms with Crippen molar-refractivity contribution in [2.24, 2.45) is 0 Å². The molecule has 1 aromatic heterocycles. The Balaban J connectivity index is 2.06. The van der Waals surface area contributed by atoms with E-state index in [-0.39, 0.29) is 11.2 Å². The predicted octanol–water partition coefficient (Wildman–Crippen LogP) is 1.30. The van der Waals surface area contributed by atoms with E-state index in [0.717, 1.165) is 19.4 Å². The second-order valence-corrected chi connectivity index (χ2v) is 3.84. The average molecular weight is 229 g/mol. The van der Waals surface area contributed by atoms with Crippen LogP contribution >= 0.6 is 11.6 Å². The first kappa shape index (κ1) is 10.4. The van der Waals surface area contributed by atoms with Crippen LogP contribution in [0.1, 0.15) is 12.8 Å². The lowest BCUT2D eigenvalue weighted by molar-refractivity contribution is 0.0875. The summed E-state index contributed by atoms with van der Waals surface area (Å²) in [6.07, 6.45) is 3.50. The van der Waals surface area contributed by atoms with E-state index in [4.69, 9.17) is 22.1 Å². The Labute approximate surface area is 93.0 Å². The molecule has 0 aromatic carbocycles. The Morgan fingerprint density at radius 3 is 3.13 bits per heavy atom. The highest BCUT2D eigenvalue weighted by molar-refractivity contribution is 6.32. The molecule has 3 N–H and O–H groups in total. The van der Waals surface area contributed by atoms with Crippen LogP contribution in [0.4, 0.5) is 11.5 Å². The first-order valence-electron chi connectivity index (χ1n) is 4.87. The molecule has 1 aliphatic heterocycles. The number of anilines is 2. The number of ether oxygens (including phenoxy) is 1. The highest BCUT2D eigenvalue weighted by atomic mass is 35.5. The Hall–Kier alpha value is -1.07. The molecule has 1 atom stereocenters. The number of nitrogen functional groups attached to an aromatic ring is 1. The van der Waals surface area contributed by atoms with Gasteiger partial charge in [-0.15, -0.1) is 0 Å². The van der Waals surface area contributed by atoms with Crippen LogP contribution in [0.5, 0.6) is 0 Å². The quantitative estimate of drug-likeness (QED) is 0.747. The summed E-state index contributed by atoms with van der Waals surface area (Å²) in [5, 5.41) is 3.49. The van der Waals surface area contributed by atoms with Gasteiger partial charge in [0.15, 0.2) is 11.0 Å². The molecule has 1 aromatic rings. The van der Waals surface area contributed by atoms with E-state index in [1.165, 1.54) is 6.33 Å². The van der Waals surface area contributed by atoms with Crippen molar-refractivity contribution in [2.45, 2.75) is 18.9 Å². The van der Waals surface area contributed by atoms with E-state index in [1.807, 2.05) is 0 Å². The fraction of sp³-hybridized carbons (Fsp3) is 0.556. The number of nitrogens with zero attached hydrogens (tertiary/aromatic N) is 2. The van der Waals surface area contributed by atoms with Crippen LogP contribution in [-0.4, -0.2) is 29.2 Å². The Kier molecular flexibility index (Phi) is 3.23. The monoisotopic (exact) mass is 228 g/mol. The summed E-state index contributed by atoms with van der Waals surface area (Å²) in [7, 11) is 0. The van der Waals surface area contributed by atoms with Crippen molar-refractivity contribution in [1.82, 2.24) is 9.97 Å². The first-order chi connectivity index (χ1) is 7.27.